The third-order valence-corrected chi connectivity index (χ3v) is 5.95. The summed E-state index contributed by atoms with van der Waals surface area (Å²) < 4.78 is 0. The van der Waals surface area contributed by atoms with Gasteiger partial charge in [0.05, 0.1) is 0 Å². The maximum atomic E-state index is 12.9. The molecule has 0 saturated carbocycles. The molecular formula is C22H18Cl2N4O2. The fourth-order valence-corrected chi connectivity index (χ4v) is 4.25. The average molecular weight is 441 g/mol. The number of halogens is 2. The molecule has 0 aliphatic carbocycles. The molecule has 1 saturated heterocycles. The number of benzene rings is 2. The van der Waals surface area contributed by atoms with Crippen LogP contribution in [0, 0.1) is 0 Å². The first-order valence-electron chi connectivity index (χ1n) is 9.63. The summed E-state index contributed by atoms with van der Waals surface area (Å²) >= 11 is 12.1. The number of nitrogens with one attached hydrogen (secondary N) is 2. The Balaban J connectivity index is 1.27. The molecule has 4 aromatic rings. The van der Waals surface area contributed by atoms with E-state index < -0.39 is 0 Å². The lowest BCUT2D eigenvalue weighted by Gasteiger charge is -2.34. The zero-order valence-corrected chi connectivity index (χ0v) is 17.4. The highest BCUT2D eigenvalue weighted by Crippen LogP contribution is 2.23. The maximum Gasteiger partial charge on any atom is 0.270 e. The zero-order chi connectivity index (χ0) is 20.8. The predicted molar refractivity (Wildman–Crippen MR) is 118 cm³/mol. The fourth-order valence-electron chi connectivity index (χ4n) is 3.89. The minimum atomic E-state index is -0.0744. The van der Waals surface area contributed by atoms with Gasteiger partial charge in [-0.3, -0.25) is 9.59 Å². The molecule has 6 nitrogen and oxygen atoms in total. The van der Waals surface area contributed by atoms with Crippen LogP contribution in [0.15, 0.2) is 48.5 Å². The van der Waals surface area contributed by atoms with Gasteiger partial charge in [-0.25, -0.2) is 0 Å². The molecule has 3 heterocycles. The summed E-state index contributed by atoms with van der Waals surface area (Å²) in [5.74, 6) is -0.149. The molecule has 2 amide bonds. The number of carbonyl (C=O) groups is 2. The van der Waals surface area contributed by atoms with Crippen molar-refractivity contribution >= 4 is 56.8 Å². The summed E-state index contributed by atoms with van der Waals surface area (Å²) in [6.07, 6.45) is 0. The van der Waals surface area contributed by atoms with E-state index in [0.717, 1.165) is 21.8 Å². The first-order valence-corrected chi connectivity index (χ1v) is 10.4. The van der Waals surface area contributed by atoms with E-state index in [0.29, 0.717) is 47.6 Å². The van der Waals surface area contributed by atoms with E-state index in [-0.39, 0.29) is 11.8 Å². The first-order chi connectivity index (χ1) is 14.5. The molecule has 0 radical (unpaired) electrons. The molecule has 5 rings (SSSR count). The van der Waals surface area contributed by atoms with Crippen LogP contribution in [-0.2, 0) is 0 Å². The van der Waals surface area contributed by atoms with Gasteiger partial charge < -0.3 is 19.8 Å². The van der Waals surface area contributed by atoms with E-state index in [1.54, 1.807) is 21.9 Å². The topological polar surface area (TPSA) is 72.2 Å². The molecule has 0 atom stereocenters. The minimum Gasteiger partial charge on any atom is -0.351 e. The lowest BCUT2D eigenvalue weighted by atomic mass is 10.2. The second-order valence-electron chi connectivity index (χ2n) is 7.41. The number of aromatic nitrogens is 2. The lowest BCUT2D eigenvalue weighted by molar-refractivity contribution is 0.0530. The number of H-pyrrole nitrogens is 2. The Bertz CT molecular complexity index is 1190. The van der Waals surface area contributed by atoms with Crippen molar-refractivity contribution in [2.45, 2.75) is 0 Å². The van der Waals surface area contributed by atoms with E-state index in [1.807, 2.05) is 36.4 Å². The number of fused-ring (bicyclic) bond motifs is 2. The fraction of sp³-hybridized carbons (Fsp3) is 0.182. The van der Waals surface area contributed by atoms with Crippen LogP contribution in [0.25, 0.3) is 21.8 Å². The molecule has 30 heavy (non-hydrogen) atoms. The van der Waals surface area contributed by atoms with E-state index in [2.05, 4.69) is 9.97 Å². The highest BCUT2D eigenvalue weighted by atomic mass is 35.5. The van der Waals surface area contributed by atoms with E-state index in [9.17, 15) is 9.59 Å². The summed E-state index contributed by atoms with van der Waals surface area (Å²) in [7, 11) is 0. The van der Waals surface area contributed by atoms with Crippen LogP contribution in [-0.4, -0.2) is 57.8 Å². The van der Waals surface area contributed by atoms with Gasteiger partial charge in [0.1, 0.15) is 11.4 Å². The number of amides is 2. The highest BCUT2D eigenvalue weighted by molar-refractivity contribution is 6.31. The molecule has 152 valence electrons. The van der Waals surface area contributed by atoms with E-state index in [4.69, 9.17) is 23.2 Å². The van der Waals surface area contributed by atoms with Gasteiger partial charge in [-0.15, -0.1) is 0 Å². The summed E-state index contributed by atoms with van der Waals surface area (Å²) in [6, 6.07) is 14.6. The summed E-state index contributed by atoms with van der Waals surface area (Å²) in [5.41, 5.74) is 2.80. The average Bonchev–Trinajstić information content (AvgIpc) is 3.36. The van der Waals surface area contributed by atoms with Gasteiger partial charge in [-0.1, -0.05) is 23.2 Å². The molecule has 1 aliphatic heterocycles. The van der Waals surface area contributed by atoms with Gasteiger partial charge >= 0.3 is 0 Å². The Kier molecular flexibility index (Phi) is 4.68. The number of aromatic amines is 2. The summed E-state index contributed by atoms with van der Waals surface area (Å²) in [4.78, 5) is 35.6. The second kappa shape index (κ2) is 7.38. The van der Waals surface area contributed by atoms with Crippen molar-refractivity contribution in [3.63, 3.8) is 0 Å². The number of carbonyl (C=O) groups excluding carboxylic acids is 2. The monoisotopic (exact) mass is 440 g/mol. The van der Waals surface area contributed by atoms with Crippen molar-refractivity contribution in [1.82, 2.24) is 19.8 Å². The molecule has 2 aromatic carbocycles. The van der Waals surface area contributed by atoms with Crippen LogP contribution in [0.5, 0.6) is 0 Å². The van der Waals surface area contributed by atoms with Crippen molar-refractivity contribution in [3.05, 3.63) is 70.0 Å². The number of piperazine rings is 1. The molecule has 0 spiro atoms. The Labute approximate surface area is 182 Å². The van der Waals surface area contributed by atoms with Crippen molar-refractivity contribution < 1.29 is 9.59 Å². The second-order valence-corrected chi connectivity index (χ2v) is 8.29. The third-order valence-electron chi connectivity index (χ3n) is 5.48. The molecular weight excluding hydrogens is 423 g/mol. The number of rotatable bonds is 2. The Morgan fingerprint density at radius 2 is 1.07 bits per heavy atom. The van der Waals surface area contributed by atoms with Crippen LogP contribution < -0.4 is 0 Å². The number of nitrogens with zero attached hydrogens (tertiary/aromatic N) is 2. The van der Waals surface area contributed by atoms with Crippen molar-refractivity contribution in [1.29, 1.82) is 0 Å². The van der Waals surface area contributed by atoms with Crippen molar-refractivity contribution in [2.75, 3.05) is 26.2 Å². The van der Waals surface area contributed by atoms with Crippen LogP contribution in [0.3, 0.4) is 0 Å². The van der Waals surface area contributed by atoms with Crippen LogP contribution in [0.1, 0.15) is 21.0 Å². The number of hydrogen-bond donors (Lipinski definition) is 2. The molecule has 2 aromatic heterocycles. The van der Waals surface area contributed by atoms with Gasteiger partial charge in [0.25, 0.3) is 11.8 Å². The molecule has 2 N–H and O–H groups in total. The van der Waals surface area contributed by atoms with Crippen LogP contribution in [0.2, 0.25) is 10.0 Å². The van der Waals surface area contributed by atoms with Crippen LogP contribution >= 0.6 is 23.2 Å². The molecule has 0 unspecified atom stereocenters. The molecule has 1 aliphatic rings. The highest BCUT2D eigenvalue weighted by Gasteiger charge is 2.27. The Morgan fingerprint density at radius 3 is 1.47 bits per heavy atom. The molecule has 1 fully saturated rings. The third kappa shape index (κ3) is 3.42. The first kappa shape index (κ1) is 19.0. The molecule has 8 heteroatoms. The predicted octanol–water partition coefficient (Wildman–Crippen LogP) is 4.55. The normalized spacial score (nSPS) is 14.6. The maximum absolute atomic E-state index is 12.9. The van der Waals surface area contributed by atoms with Gasteiger partial charge in [-0.2, -0.15) is 0 Å². The largest absolute Gasteiger partial charge is 0.351 e. The van der Waals surface area contributed by atoms with Crippen LogP contribution in [0.4, 0.5) is 0 Å². The standard InChI is InChI=1S/C22H18Cl2N4O2/c23-15-1-3-17-13(9-15)11-19(25-17)21(29)27-5-7-28(8-6-27)22(30)20-12-14-10-16(24)2-4-18(14)26-20/h1-4,9-12,25-26H,5-8H2. The smallest absolute Gasteiger partial charge is 0.270 e. The Hall–Kier alpha value is -2.96. The lowest BCUT2D eigenvalue weighted by Crippen LogP contribution is -2.50. The van der Waals surface area contributed by atoms with Crippen molar-refractivity contribution in [3.8, 4) is 0 Å². The van der Waals surface area contributed by atoms with Gasteiger partial charge in [0.2, 0.25) is 0 Å². The summed E-state index contributed by atoms with van der Waals surface area (Å²) in [6.45, 7) is 1.92. The quantitative estimate of drug-likeness (QED) is 0.479. The molecule has 0 bridgehead atoms. The van der Waals surface area contributed by atoms with Crippen molar-refractivity contribution in [2.24, 2.45) is 0 Å². The SMILES string of the molecule is O=C(c1cc2cc(Cl)ccc2[nH]1)N1CCN(C(=O)c2cc3cc(Cl)ccc3[nH]2)CC1. The minimum absolute atomic E-state index is 0.0744. The number of hydrogen-bond acceptors (Lipinski definition) is 2. The van der Waals surface area contributed by atoms with Gasteiger partial charge in [0, 0.05) is 58.0 Å². The zero-order valence-electron chi connectivity index (χ0n) is 15.9. The van der Waals surface area contributed by atoms with Gasteiger partial charge in [0.15, 0.2) is 0 Å². The summed E-state index contributed by atoms with van der Waals surface area (Å²) in [5, 5.41) is 3.07. The van der Waals surface area contributed by atoms with E-state index in [1.165, 1.54) is 0 Å². The Morgan fingerprint density at radius 1 is 0.667 bits per heavy atom. The van der Waals surface area contributed by atoms with Gasteiger partial charge in [-0.05, 0) is 48.5 Å². The van der Waals surface area contributed by atoms with E-state index >= 15 is 0 Å².